The molecule has 0 aliphatic rings. The number of carbonyl (C=O) groups is 1. The lowest BCUT2D eigenvalue weighted by Gasteiger charge is -2.11. The second kappa shape index (κ2) is 7.67. The van der Waals surface area contributed by atoms with E-state index in [-0.39, 0.29) is 22.8 Å². The average Bonchev–Trinajstić information content (AvgIpc) is 2.45. The fraction of sp³-hybridized carbons (Fsp3) is 0.462. The van der Waals surface area contributed by atoms with Crippen molar-refractivity contribution in [1.29, 1.82) is 0 Å². The van der Waals surface area contributed by atoms with Crippen LogP contribution in [0.25, 0.3) is 0 Å². The van der Waals surface area contributed by atoms with Crippen LogP contribution in [-0.4, -0.2) is 41.8 Å². The Labute approximate surface area is 127 Å². The van der Waals surface area contributed by atoms with Crippen molar-refractivity contribution in [3.05, 3.63) is 29.3 Å². The van der Waals surface area contributed by atoms with E-state index in [1.807, 2.05) is 0 Å². The quantitative estimate of drug-likeness (QED) is 0.739. The maximum Gasteiger partial charge on any atom is 0.335 e. The molecule has 118 valence electrons. The van der Waals surface area contributed by atoms with Crippen molar-refractivity contribution in [3.8, 4) is 0 Å². The number of aryl methyl sites for hydroxylation is 1. The monoisotopic (exact) mass is 333 g/mol. The Hall–Kier alpha value is -1.25. The molecular weight excluding hydrogens is 314 g/mol. The zero-order valence-corrected chi connectivity index (χ0v) is 13.6. The summed E-state index contributed by atoms with van der Waals surface area (Å²) >= 11 is 0. The van der Waals surface area contributed by atoms with Gasteiger partial charge in [-0.25, -0.2) is 17.9 Å². The molecule has 2 N–H and O–H groups in total. The van der Waals surface area contributed by atoms with Crippen LogP contribution in [0.2, 0.25) is 0 Å². The summed E-state index contributed by atoms with van der Waals surface area (Å²) in [4.78, 5) is 10.9. The van der Waals surface area contributed by atoms with Crippen molar-refractivity contribution in [2.75, 3.05) is 18.1 Å². The Bertz CT molecular complexity index is 640. The summed E-state index contributed by atoms with van der Waals surface area (Å²) in [6, 6.07) is 4.04. The third-order valence-electron chi connectivity index (χ3n) is 2.93. The van der Waals surface area contributed by atoms with Crippen LogP contribution in [-0.2, 0) is 27.2 Å². The fourth-order valence-electron chi connectivity index (χ4n) is 1.74. The summed E-state index contributed by atoms with van der Waals surface area (Å²) in [5.41, 5.74) is 0.467. The molecule has 0 saturated carbocycles. The average molecular weight is 333 g/mol. The Morgan fingerprint density at radius 3 is 2.52 bits per heavy atom. The highest BCUT2D eigenvalue weighted by atomic mass is 32.2. The molecule has 0 heterocycles. The van der Waals surface area contributed by atoms with Crippen molar-refractivity contribution in [2.45, 2.75) is 25.2 Å². The van der Waals surface area contributed by atoms with E-state index in [4.69, 9.17) is 5.11 Å². The number of carboxylic acids is 1. The number of nitrogens with one attached hydrogen (secondary N) is 1. The molecule has 1 rings (SSSR count). The van der Waals surface area contributed by atoms with Gasteiger partial charge < -0.3 is 5.11 Å². The predicted octanol–water partition coefficient (Wildman–Crippen LogP) is 0.994. The predicted molar refractivity (Wildman–Crippen MR) is 81.5 cm³/mol. The minimum Gasteiger partial charge on any atom is -0.478 e. The molecular formula is C13H19NO5S2. The summed E-state index contributed by atoms with van der Waals surface area (Å²) in [6.45, 7) is 3.61. The zero-order valence-electron chi connectivity index (χ0n) is 12.0. The third-order valence-corrected chi connectivity index (χ3v) is 5.77. The number of carboxylic acid groups (broad SMARTS) is 1. The SMILES string of the molecule is CCc1ccc(C(=O)O)cc1S(=O)(=O)NCCS(=O)CC. The molecule has 6 nitrogen and oxygen atoms in total. The first kappa shape index (κ1) is 17.8. The van der Waals surface area contributed by atoms with Crippen molar-refractivity contribution >= 4 is 26.8 Å². The molecule has 0 saturated heterocycles. The molecule has 1 aromatic carbocycles. The van der Waals surface area contributed by atoms with Crippen LogP contribution in [0.1, 0.15) is 29.8 Å². The molecule has 0 aliphatic heterocycles. The highest BCUT2D eigenvalue weighted by molar-refractivity contribution is 7.89. The van der Waals surface area contributed by atoms with E-state index in [1.54, 1.807) is 13.8 Å². The topological polar surface area (TPSA) is 101 Å². The van der Waals surface area contributed by atoms with Crippen molar-refractivity contribution in [3.63, 3.8) is 0 Å². The molecule has 0 aromatic heterocycles. The molecule has 0 radical (unpaired) electrons. The molecule has 1 unspecified atom stereocenters. The minimum absolute atomic E-state index is 0.0350. The molecule has 0 spiro atoms. The van der Waals surface area contributed by atoms with Gasteiger partial charge in [0.25, 0.3) is 0 Å². The standard InChI is InChI=1S/C13H19NO5S2/c1-3-10-5-6-11(13(15)16)9-12(10)21(18,19)14-7-8-20(17)4-2/h5-6,9,14H,3-4,7-8H2,1-2H3,(H,15,16). The van der Waals surface area contributed by atoms with E-state index in [9.17, 15) is 17.4 Å². The molecule has 0 fully saturated rings. The van der Waals surface area contributed by atoms with E-state index in [0.717, 1.165) is 6.07 Å². The lowest BCUT2D eigenvalue weighted by atomic mass is 10.1. The van der Waals surface area contributed by atoms with Gasteiger partial charge in [-0.1, -0.05) is 19.9 Å². The highest BCUT2D eigenvalue weighted by Gasteiger charge is 2.19. The van der Waals surface area contributed by atoms with Gasteiger partial charge in [-0.15, -0.1) is 0 Å². The molecule has 1 atom stereocenters. The third kappa shape index (κ3) is 4.90. The Balaban J connectivity index is 3.03. The number of sulfonamides is 1. The van der Waals surface area contributed by atoms with Gasteiger partial charge in [-0.2, -0.15) is 0 Å². The van der Waals surface area contributed by atoms with E-state index in [2.05, 4.69) is 4.72 Å². The molecule has 0 aliphatic carbocycles. The van der Waals surface area contributed by atoms with Gasteiger partial charge in [0.1, 0.15) is 0 Å². The number of rotatable bonds is 8. The Morgan fingerprint density at radius 2 is 2.00 bits per heavy atom. The lowest BCUT2D eigenvalue weighted by molar-refractivity contribution is 0.0696. The first-order chi connectivity index (χ1) is 9.81. The maximum absolute atomic E-state index is 12.3. The molecule has 0 amide bonds. The molecule has 8 heteroatoms. The van der Waals surface area contributed by atoms with Crippen LogP contribution in [0.5, 0.6) is 0 Å². The normalized spacial score (nSPS) is 13.0. The number of hydrogen-bond donors (Lipinski definition) is 2. The summed E-state index contributed by atoms with van der Waals surface area (Å²) in [6.07, 6.45) is 0.469. The van der Waals surface area contributed by atoms with E-state index < -0.39 is 26.8 Å². The van der Waals surface area contributed by atoms with Crippen LogP contribution in [0.3, 0.4) is 0 Å². The summed E-state index contributed by atoms with van der Waals surface area (Å²) in [5.74, 6) is -0.479. The summed E-state index contributed by atoms with van der Waals surface area (Å²) < 4.78 is 38.2. The van der Waals surface area contributed by atoms with Gasteiger partial charge in [0, 0.05) is 28.9 Å². The van der Waals surface area contributed by atoms with Crippen molar-refractivity contribution in [2.24, 2.45) is 0 Å². The first-order valence-electron chi connectivity index (χ1n) is 6.52. The van der Waals surface area contributed by atoms with E-state index in [1.165, 1.54) is 12.1 Å². The minimum atomic E-state index is -3.81. The van der Waals surface area contributed by atoms with Gasteiger partial charge in [-0.3, -0.25) is 4.21 Å². The van der Waals surface area contributed by atoms with Gasteiger partial charge in [-0.05, 0) is 24.1 Å². The Kier molecular flexibility index (Phi) is 6.50. The number of aromatic carboxylic acids is 1. The smallest absolute Gasteiger partial charge is 0.335 e. The first-order valence-corrected chi connectivity index (χ1v) is 9.49. The summed E-state index contributed by atoms with van der Waals surface area (Å²) in [5, 5.41) is 8.96. The fourth-order valence-corrected chi connectivity index (χ4v) is 3.86. The van der Waals surface area contributed by atoms with Gasteiger partial charge in [0.15, 0.2) is 0 Å². The van der Waals surface area contributed by atoms with E-state index in [0.29, 0.717) is 17.7 Å². The molecule has 21 heavy (non-hydrogen) atoms. The van der Waals surface area contributed by atoms with Gasteiger partial charge in [0.05, 0.1) is 10.5 Å². The second-order valence-electron chi connectivity index (χ2n) is 4.31. The van der Waals surface area contributed by atoms with Crippen LogP contribution in [0.15, 0.2) is 23.1 Å². The highest BCUT2D eigenvalue weighted by Crippen LogP contribution is 2.18. The lowest BCUT2D eigenvalue weighted by Crippen LogP contribution is -2.29. The van der Waals surface area contributed by atoms with Crippen molar-refractivity contribution < 1.29 is 22.5 Å². The number of benzene rings is 1. The number of hydrogen-bond acceptors (Lipinski definition) is 4. The molecule has 0 bridgehead atoms. The van der Waals surface area contributed by atoms with E-state index >= 15 is 0 Å². The van der Waals surface area contributed by atoms with Gasteiger partial charge >= 0.3 is 5.97 Å². The largest absolute Gasteiger partial charge is 0.478 e. The van der Waals surface area contributed by atoms with Crippen LogP contribution < -0.4 is 4.72 Å². The van der Waals surface area contributed by atoms with Crippen LogP contribution >= 0.6 is 0 Å². The maximum atomic E-state index is 12.3. The Morgan fingerprint density at radius 1 is 1.33 bits per heavy atom. The van der Waals surface area contributed by atoms with Crippen molar-refractivity contribution in [1.82, 2.24) is 4.72 Å². The molecule has 1 aromatic rings. The summed E-state index contributed by atoms with van der Waals surface area (Å²) in [7, 11) is -4.87. The van der Waals surface area contributed by atoms with Crippen LogP contribution in [0, 0.1) is 0 Å². The zero-order chi connectivity index (χ0) is 16.0. The van der Waals surface area contributed by atoms with Gasteiger partial charge in [0.2, 0.25) is 10.0 Å². The van der Waals surface area contributed by atoms with Crippen LogP contribution in [0.4, 0.5) is 0 Å². The second-order valence-corrected chi connectivity index (χ2v) is 7.91.